The monoisotopic (exact) mass is 275 g/mol. The summed E-state index contributed by atoms with van der Waals surface area (Å²) < 4.78 is 0. The van der Waals surface area contributed by atoms with Crippen molar-refractivity contribution in [2.45, 2.75) is 57.0 Å². The van der Waals surface area contributed by atoms with Crippen LogP contribution in [-0.2, 0) is 4.79 Å². The van der Waals surface area contributed by atoms with Gasteiger partial charge in [0, 0.05) is 6.04 Å². The molecule has 0 saturated heterocycles. The van der Waals surface area contributed by atoms with Crippen molar-refractivity contribution in [3.63, 3.8) is 0 Å². The van der Waals surface area contributed by atoms with Crippen LogP contribution in [0.15, 0.2) is 30.3 Å². The molecule has 1 aliphatic rings. The molecule has 1 aliphatic carbocycles. The van der Waals surface area contributed by atoms with Crippen molar-refractivity contribution in [2.24, 2.45) is 0 Å². The number of hydrogen-bond acceptors (Lipinski definition) is 2. The Morgan fingerprint density at radius 1 is 1.20 bits per heavy atom. The van der Waals surface area contributed by atoms with Gasteiger partial charge < -0.3 is 5.11 Å². The van der Waals surface area contributed by atoms with Crippen LogP contribution in [0.5, 0.6) is 0 Å². The van der Waals surface area contributed by atoms with E-state index in [1.54, 1.807) is 13.8 Å². The first-order chi connectivity index (χ1) is 9.44. The number of benzene rings is 1. The molecule has 1 saturated carbocycles. The lowest BCUT2D eigenvalue weighted by molar-refractivity contribution is -0.150. The van der Waals surface area contributed by atoms with E-state index in [0.29, 0.717) is 12.0 Å². The van der Waals surface area contributed by atoms with Crippen LogP contribution < -0.4 is 0 Å². The molecule has 0 aromatic heterocycles. The average Bonchev–Trinajstić information content (AvgIpc) is 2.47. The Morgan fingerprint density at radius 3 is 2.40 bits per heavy atom. The van der Waals surface area contributed by atoms with Gasteiger partial charge in [-0.05, 0) is 45.2 Å². The van der Waals surface area contributed by atoms with Gasteiger partial charge in [-0.2, -0.15) is 0 Å². The number of carboxylic acids is 1. The lowest BCUT2D eigenvalue weighted by Crippen LogP contribution is -2.54. The van der Waals surface area contributed by atoms with Crippen LogP contribution in [0.25, 0.3) is 0 Å². The molecule has 0 spiro atoms. The third kappa shape index (κ3) is 2.88. The molecule has 0 bridgehead atoms. The Bertz CT molecular complexity index is 455. The first kappa shape index (κ1) is 15.0. The van der Waals surface area contributed by atoms with Crippen molar-refractivity contribution in [2.75, 3.05) is 7.05 Å². The van der Waals surface area contributed by atoms with Crippen LogP contribution in [0.4, 0.5) is 0 Å². The molecule has 0 radical (unpaired) electrons. The number of aliphatic carboxylic acids is 1. The largest absolute Gasteiger partial charge is 0.480 e. The molecule has 20 heavy (non-hydrogen) atoms. The van der Waals surface area contributed by atoms with Crippen LogP contribution in [0.3, 0.4) is 0 Å². The predicted octanol–water partition coefficient (Wildman–Crippen LogP) is 3.51. The molecule has 1 N–H and O–H groups in total. The molecule has 2 atom stereocenters. The summed E-state index contributed by atoms with van der Waals surface area (Å²) in [5, 5.41) is 9.46. The van der Waals surface area contributed by atoms with Crippen LogP contribution >= 0.6 is 0 Å². The molecule has 1 aromatic carbocycles. The van der Waals surface area contributed by atoms with Gasteiger partial charge in [-0.3, -0.25) is 9.69 Å². The maximum Gasteiger partial charge on any atom is 0.323 e. The van der Waals surface area contributed by atoms with E-state index in [9.17, 15) is 9.90 Å². The standard InChI is InChI=1S/C17H25NO2/c1-17(2,16(19)20)18(3)15-12-8-7-11-14(15)13-9-5-4-6-10-13/h4-6,9-10,14-15H,7-8,11-12H2,1-3H3,(H,19,20). The summed E-state index contributed by atoms with van der Waals surface area (Å²) in [6, 6.07) is 10.8. The third-order valence-corrected chi connectivity index (χ3v) is 4.86. The highest BCUT2D eigenvalue weighted by Crippen LogP contribution is 2.37. The van der Waals surface area contributed by atoms with E-state index >= 15 is 0 Å². The predicted molar refractivity (Wildman–Crippen MR) is 80.9 cm³/mol. The van der Waals surface area contributed by atoms with Crippen molar-refractivity contribution in [1.82, 2.24) is 4.90 Å². The minimum Gasteiger partial charge on any atom is -0.480 e. The van der Waals surface area contributed by atoms with E-state index in [0.717, 1.165) is 12.8 Å². The van der Waals surface area contributed by atoms with E-state index in [2.05, 4.69) is 29.2 Å². The summed E-state index contributed by atoms with van der Waals surface area (Å²) >= 11 is 0. The third-order valence-electron chi connectivity index (χ3n) is 4.86. The first-order valence-corrected chi connectivity index (χ1v) is 7.46. The molecule has 3 heteroatoms. The van der Waals surface area contributed by atoms with Gasteiger partial charge in [0.05, 0.1) is 0 Å². The summed E-state index contributed by atoms with van der Waals surface area (Å²) in [7, 11) is 1.96. The summed E-state index contributed by atoms with van der Waals surface area (Å²) in [5.74, 6) is -0.314. The second kappa shape index (κ2) is 5.96. The molecule has 0 aliphatic heterocycles. The second-order valence-corrected chi connectivity index (χ2v) is 6.34. The topological polar surface area (TPSA) is 40.5 Å². The molecule has 2 rings (SSSR count). The molecule has 0 heterocycles. The summed E-state index contributed by atoms with van der Waals surface area (Å²) in [6.07, 6.45) is 4.65. The number of likely N-dealkylation sites (N-methyl/N-ethyl adjacent to an activating group) is 1. The lowest BCUT2D eigenvalue weighted by atomic mass is 9.78. The van der Waals surface area contributed by atoms with Gasteiger partial charge in [-0.25, -0.2) is 0 Å². The molecule has 2 unspecified atom stereocenters. The number of hydrogen-bond donors (Lipinski definition) is 1. The van der Waals surface area contributed by atoms with Crippen molar-refractivity contribution in [3.8, 4) is 0 Å². The Kier molecular flexibility index (Phi) is 4.48. The molecule has 110 valence electrons. The minimum absolute atomic E-state index is 0.303. The van der Waals surface area contributed by atoms with Crippen LogP contribution in [-0.4, -0.2) is 34.6 Å². The van der Waals surface area contributed by atoms with Gasteiger partial charge in [0.2, 0.25) is 0 Å². The van der Waals surface area contributed by atoms with Crippen LogP contribution in [0, 0.1) is 0 Å². The van der Waals surface area contributed by atoms with Gasteiger partial charge >= 0.3 is 5.97 Å². The van der Waals surface area contributed by atoms with Crippen molar-refractivity contribution in [3.05, 3.63) is 35.9 Å². The zero-order valence-corrected chi connectivity index (χ0v) is 12.7. The van der Waals surface area contributed by atoms with Crippen molar-refractivity contribution >= 4 is 5.97 Å². The van der Waals surface area contributed by atoms with Gasteiger partial charge in [0.1, 0.15) is 5.54 Å². The fourth-order valence-corrected chi connectivity index (χ4v) is 3.23. The molecular weight excluding hydrogens is 250 g/mol. The maximum absolute atomic E-state index is 11.5. The lowest BCUT2D eigenvalue weighted by Gasteiger charge is -2.44. The summed E-state index contributed by atoms with van der Waals surface area (Å²) in [4.78, 5) is 13.6. The summed E-state index contributed by atoms with van der Waals surface area (Å²) in [5.41, 5.74) is 0.514. The van der Waals surface area contributed by atoms with Crippen LogP contribution in [0.1, 0.15) is 51.0 Å². The Morgan fingerprint density at radius 2 is 1.80 bits per heavy atom. The molecule has 1 fully saturated rings. The highest BCUT2D eigenvalue weighted by Gasteiger charge is 2.40. The number of rotatable bonds is 4. The summed E-state index contributed by atoms with van der Waals surface area (Å²) in [6.45, 7) is 3.60. The van der Waals surface area contributed by atoms with E-state index in [4.69, 9.17) is 0 Å². The molecule has 3 nitrogen and oxygen atoms in total. The fraction of sp³-hybridized carbons (Fsp3) is 0.588. The smallest absolute Gasteiger partial charge is 0.323 e. The number of carbonyl (C=O) groups is 1. The van der Waals surface area contributed by atoms with Gasteiger partial charge in [-0.1, -0.05) is 43.2 Å². The van der Waals surface area contributed by atoms with E-state index < -0.39 is 11.5 Å². The Labute approximate surface area is 121 Å². The fourth-order valence-electron chi connectivity index (χ4n) is 3.23. The zero-order valence-electron chi connectivity index (χ0n) is 12.7. The molecule has 0 amide bonds. The number of carboxylic acid groups (broad SMARTS) is 1. The highest BCUT2D eigenvalue weighted by atomic mass is 16.4. The quantitative estimate of drug-likeness (QED) is 0.914. The Hall–Kier alpha value is -1.35. The van der Waals surface area contributed by atoms with E-state index in [1.165, 1.54) is 18.4 Å². The SMILES string of the molecule is CN(C1CCCCC1c1ccccc1)C(C)(C)C(=O)O. The maximum atomic E-state index is 11.5. The van der Waals surface area contributed by atoms with Gasteiger partial charge in [0.25, 0.3) is 0 Å². The van der Waals surface area contributed by atoms with E-state index in [-0.39, 0.29) is 0 Å². The average molecular weight is 275 g/mol. The van der Waals surface area contributed by atoms with Gasteiger partial charge in [-0.15, -0.1) is 0 Å². The molecule has 1 aromatic rings. The van der Waals surface area contributed by atoms with Gasteiger partial charge in [0.15, 0.2) is 0 Å². The Balaban J connectivity index is 2.26. The van der Waals surface area contributed by atoms with E-state index in [1.807, 2.05) is 13.1 Å². The van der Waals surface area contributed by atoms with Crippen molar-refractivity contribution < 1.29 is 9.90 Å². The first-order valence-electron chi connectivity index (χ1n) is 7.46. The van der Waals surface area contributed by atoms with Crippen molar-refractivity contribution in [1.29, 1.82) is 0 Å². The normalized spacial score (nSPS) is 23.8. The van der Waals surface area contributed by atoms with Crippen LogP contribution in [0.2, 0.25) is 0 Å². The highest BCUT2D eigenvalue weighted by molar-refractivity contribution is 5.77. The zero-order chi connectivity index (χ0) is 14.8. The molecular formula is C17H25NO2. The number of nitrogens with zero attached hydrogens (tertiary/aromatic N) is 1. The second-order valence-electron chi connectivity index (χ2n) is 6.34. The minimum atomic E-state index is -0.824.